The molecule has 0 bridgehead atoms. The maximum Gasteiger partial charge on any atom is 0.265 e. The zero-order valence-electron chi connectivity index (χ0n) is 18.1. The van der Waals surface area contributed by atoms with Crippen molar-refractivity contribution in [2.75, 3.05) is 10.5 Å². The van der Waals surface area contributed by atoms with E-state index >= 15 is 4.39 Å². The second kappa shape index (κ2) is 9.91. The molecule has 8 nitrogen and oxygen atoms in total. The number of nitrogen functional groups attached to an aromatic ring is 1. The first kappa shape index (κ1) is 24.7. The molecule has 2 aromatic carbocycles. The highest BCUT2D eigenvalue weighted by Gasteiger charge is 2.24. The molecule has 5 N–H and O–H groups in total. The highest BCUT2D eigenvalue weighted by molar-refractivity contribution is 7.92. The average molecular weight is 491 g/mol. The summed E-state index contributed by atoms with van der Waals surface area (Å²) in [5.74, 6) is -3.33. The van der Waals surface area contributed by atoms with Crippen LogP contribution in [0.4, 0.5) is 24.8 Å². The Morgan fingerprint density at radius 2 is 1.88 bits per heavy atom. The van der Waals surface area contributed by atoms with Gasteiger partial charge in [-0.3, -0.25) is 10.1 Å². The zero-order chi connectivity index (χ0) is 25.0. The van der Waals surface area contributed by atoms with Crippen LogP contribution in [0.3, 0.4) is 0 Å². The van der Waals surface area contributed by atoms with Crippen LogP contribution in [0.5, 0.6) is 0 Å². The number of hydrogen-bond donors (Lipinski definition) is 4. The first-order valence-corrected chi connectivity index (χ1v) is 11.4. The van der Waals surface area contributed by atoms with E-state index in [1.807, 2.05) is 18.6 Å². The minimum atomic E-state index is -4.67. The van der Waals surface area contributed by atoms with Crippen molar-refractivity contribution in [2.45, 2.75) is 24.8 Å². The minimum absolute atomic E-state index is 0.0221. The average Bonchev–Trinajstić information content (AvgIpc) is 2.76. The normalized spacial score (nSPS) is 12.0. The van der Waals surface area contributed by atoms with E-state index in [1.54, 1.807) is 0 Å². The van der Waals surface area contributed by atoms with Gasteiger partial charge in [0.1, 0.15) is 16.5 Å². The molecule has 3 aromatic rings. The van der Waals surface area contributed by atoms with Gasteiger partial charge in [-0.2, -0.15) is 0 Å². The predicted octanol–water partition coefficient (Wildman–Crippen LogP) is 3.68. The number of anilines is 2. The van der Waals surface area contributed by atoms with Gasteiger partial charge in [0, 0.05) is 29.6 Å². The van der Waals surface area contributed by atoms with Crippen LogP contribution in [0.25, 0.3) is 5.57 Å². The van der Waals surface area contributed by atoms with E-state index in [4.69, 9.17) is 11.1 Å². The zero-order valence-corrected chi connectivity index (χ0v) is 18.9. The third kappa shape index (κ3) is 5.52. The maximum absolute atomic E-state index is 15.4. The van der Waals surface area contributed by atoms with Crippen LogP contribution in [0.15, 0.2) is 59.8 Å². The molecule has 3 rings (SSSR count). The van der Waals surface area contributed by atoms with Gasteiger partial charge in [-0.25, -0.2) is 31.6 Å². The standard InChI is InChI=1S/C22H21F3N6O2S/c1-12(2)29-11-15(17-8-9-28-22(27)30-17)21(26)14-4-3-5-18(20(14)25)31-34(32,33)19-10-13(23)6-7-16(19)24/h3-12,26,29,31H,1-2H3,(H2,27,28,30)/b15-11-,26-21?. The quantitative estimate of drug-likeness (QED) is 0.356. The van der Waals surface area contributed by atoms with E-state index in [0.717, 1.165) is 12.1 Å². The molecule has 1 heterocycles. The summed E-state index contributed by atoms with van der Waals surface area (Å²) in [6.45, 7) is 3.71. The number of nitrogens with one attached hydrogen (secondary N) is 3. The van der Waals surface area contributed by atoms with Gasteiger partial charge in [0.05, 0.1) is 17.1 Å². The number of allylic oxidation sites excluding steroid dienone is 1. The Kier molecular flexibility index (Phi) is 7.20. The van der Waals surface area contributed by atoms with E-state index in [-0.39, 0.29) is 34.5 Å². The summed E-state index contributed by atoms with van der Waals surface area (Å²) in [6, 6.07) is 7.04. The number of rotatable bonds is 8. The molecular formula is C22H21F3N6O2S. The van der Waals surface area contributed by atoms with Crippen molar-refractivity contribution in [3.05, 3.63) is 83.6 Å². The first-order valence-electron chi connectivity index (χ1n) is 9.90. The van der Waals surface area contributed by atoms with Gasteiger partial charge in [0.15, 0.2) is 5.82 Å². The van der Waals surface area contributed by atoms with E-state index in [0.29, 0.717) is 12.1 Å². The Morgan fingerprint density at radius 3 is 2.56 bits per heavy atom. The second-order valence-corrected chi connectivity index (χ2v) is 9.05. The third-order valence-corrected chi connectivity index (χ3v) is 5.86. The van der Waals surface area contributed by atoms with Crippen molar-refractivity contribution in [1.82, 2.24) is 15.3 Å². The van der Waals surface area contributed by atoms with Crippen LogP contribution in [-0.2, 0) is 10.0 Å². The summed E-state index contributed by atoms with van der Waals surface area (Å²) in [4.78, 5) is 6.90. The number of aromatic nitrogens is 2. The lowest BCUT2D eigenvalue weighted by molar-refractivity contribution is 0.555. The largest absolute Gasteiger partial charge is 0.388 e. The van der Waals surface area contributed by atoms with Crippen LogP contribution >= 0.6 is 0 Å². The van der Waals surface area contributed by atoms with E-state index < -0.39 is 38.1 Å². The Labute approximate surface area is 194 Å². The summed E-state index contributed by atoms with van der Waals surface area (Å²) in [5.41, 5.74) is 4.89. The molecular weight excluding hydrogens is 469 g/mol. The van der Waals surface area contributed by atoms with E-state index in [1.165, 1.54) is 30.6 Å². The fourth-order valence-corrected chi connectivity index (χ4v) is 4.03. The molecule has 12 heteroatoms. The fraction of sp³-hybridized carbons (Fsp3) is 0.136. The highest BCUT2D eigenvalue weighted by atomic mass is 32.2. The summed E-state index contributed by atoms with van der Waals surface area (Å²) >= 11 is 0. The number of nitrogens with two attached hydrogens (primary N) is 1. The third-order valence-electron chi connectivity index (χ3n) is 4.48. The molecule has 0 fully saturated rings. The molecule has 0 aliphatic heterocycles. The van der Waals surface area contributed by atoms with Gasteiger partial charge >= 0.3 is 0 Å². The molecule has 0 saturated carbocycles. The van der Waals surface area contributed by atoms with Crippen molar-refractivity contribution in [1.29, 1.82) is 5.41 Å². The van der Waals surface area contributed by atoms with E-state index in [2.05, 4.69) is 15.3 Å². The molecule has 0 amide bonds. The Bertz CT molecular complexity index is 1380. The summed E-state index contributed by atoms with van der Waals surface area (Å²) < 4.78 is 69.9. The number of benzene rings is 2. The summed E-state index contributed by atoms with van der Waals surface area (Å²) in [5, 5.41) is 11.6. The monoisotopic (exact) mass is 490 g/mol. The van der Waals surface area contributed by atoms with Crippen LogP contribution in [-0.4, -0.2) is 30.1 Å². The van der Waals surface area contributed by atoms with Crippen LogP contribution in [0.2, 0.25) is 0 Å². The number of sulfonamides is 1. The smallest absolute Gasteiger partial charge is 0.265 e. The molecule has 0 aliphatic carbocycles. The number of nitrogens with zero attached hydrogens (tertiary/aromatic N) is 2. The van der Waals surface area contributed by atoms with Crippen LogP contribution < -0.4 is 15.8 Å². The molecule has 0 aliphatic rings. The SMILES string of the molecule is CC(C)N/C=C(\C(=N)c1cccc(NS(=O)(=O)c2cc(F)ccc2F)c1F)c1ccnc(N)n1. The minimum Gasteiger partial charge on any atom is -0.388 e. The molecule has 0 unspecified atom stereocenters. The second-order valence-electron chi connectivity index (χ2n) is 7.40. The van der Waals surface area contributed by atoms with Crippen molar-refractivity contribution in [3.8, 4) is 0 Å². The maximum atomic E-state index is 15.4. The lowest BCUT2D eigenvalue weighted by Crippen LogP contribution is -2.19. The molecule has 34 heavy (non-hydrogen) atoms. The van der Waals surface area contributed by atoms with Crippen LogP contribution in [0, 0.1) is 22.9 Å². The Hall–Kier alpha value is -3.93. The fourth-order valence-electron chi connectivity index (χ4n) is 2.88. The van der Waals surface area contributed by atoms with Gasteiger partial charge < -0.3 is 11.1 Å². The Morgan fingerprint density at radius 1 is 1.15 bits per heavy atom. The van der Waals surface area contributed by atoms with Crippen LogP contribution in [0.1, 0.15) is 25.1 Å². The molecule has 178 valence electrons. The molecule has 0 spiro atoms. The highest BCUT2D eigenvalue weighted by Crippen LogP contribution is 2.27. The van der Waals surface area contributed by atoms with Gasteiger partial charge in [-0.15, -0.1) is 0 Å². The van der Waals surface area contributed by atoms with Gasteiger partial charge in [0.2, 0.25) is 5.95 Å². The van der Waals surface area contributed by atoms with Gasteiger partial charge in [0.25, 0.3) is 10.0 Å². The summed E-state index contributed by atoms with van der Waals surface area (Å²) in [7, 11) is -4.67. The lowest BCUT2D eigenvalue weighted by atomic mass is 9.99. The Balaban J connectivity index is 2.03. The summed E-state index contributed by atoms with van der Waals surface area (Å²) in [6.07, 6.45) is 2.84. The lowest BCUT2D eigenvalue weighted by Gasteiger charge is -2.15. The molecule has 0 saturated heterocycles. The van der Waals surface area contributed by atoms with E-state index in [9.17, 15) is 17.2 Å². The van der Waals surface area contributed by atoms with Gasteiger partial charge in [-0.05, 0) is 50.2 Å². The molecule has 0 atom stereocenters. The first-order chi connectivity index (χ1) is 16.0. The molecule has 1 aromatic heterocycles. The van der Waals surface area contributed by atoms with Crippen molar-refractivity contribution in [2.24, 2.45) is 0 Å². The van der Waals surface area contributed by atoms with Crippen molar-refractivity contribution in [3.63, 3.8) is 0 Å². The number of hydrogen-bond acceptors (Lipinski definition) is 7. The van der Waals surface area contributed by atoms with Crippen molar-refractivity contribution < 1.29 is 21.6 Å². The molecule has 0 radical (unpaired) electrons. The topological polar surface area (TPSA) is 134 Å². The van der Waals surface area contributed by atoms with Gasteiger partial charge in [-0.1, -0.05) is 6.07 Å². The number of halogens is 3. The predicted molar refractivity (Wildman–Crippen MR) is 123 cm³/mol. The van der Waals surface area contributed by atoms with Crippen molar-refractivity contribution >= 4 is 32.9 Å².